The summed E-state index contributed by atoms with van der Waals surface area (Å²) in [7, 11) is 0. The number of nitrogens with zero attached hydrogens (tertiary/aromatic N) is 1. The number of hydrogen-bond donors (Lipinski definition) is 1. The summed E-state index contributed by atoms with van der Waals surface area (Å²) in [4.78, 5) is 2.77. The fraction of sp³-hybridized carbons (Fsp3) is 0.167. The van der Waals surface area contributed by atoms with E-state index < -0.39 is 11.7 Å². The molecule has 0 radical (unpaired) electrons. The van der Waals surface area contributed by atoms with Gasteiger partial charge in [-0.1, -0.05) is 17.7 Å². The van der Waals surface area contributed by atoms with Crippen LogP contribution in [0.15, 0.2) is 58.5 Å². The largest absolute Gasteiger partial charge is 0.467 e. The van der Waals surface area contributed by atoms with Gasteiger partial charge in [0.15, 0.2) is 5.11 Å². The topological polar surface area (TPSA) is 28.4 Å². The lowest BCUT2D eigenvalue weighted by atomic mass is 10.1. The van der Waals surface area contributed by atoms with Gasteiger partial charge in [0.05, 0.1) is 30.6 Å². The number of hydrogen-bond acceptors (Lipinski definition) is 3. The van der Waals surface area contributed by atoms with Crippen molar-refractivity contribution in [3.05, 3.63) is 75.3 Å². The standard InChI is InChI=1S/C18H14ClF3N2OS2/c19-12-5-6-16(15(9-12)18(20,21)22)23-17(26)24(10-13-3-1-7-25-13)11-14-4-2-8-27-14/h1-9H,10-11H2,(H,23,26). The van der Waals surface area contributed by atoms with Gasteiger partial charge in [-0.25, -0.2) is 0 Å². The first-order chi connectivity index (χ1) is 12.8. The Bertz CT molecular complexity index is 860. The van der Waals surface area contributed by atoms with E-state index in [9.17, 15) is 13.2 Å². The normalized spacial score (nSPS) is 11.4. The van der Waals surface area contributed by atoms with E-state index in [0.29, 0.717) is 18.8 Å². The molecule has 27 heavy (non-hydrogen) atoms. The second kappa shape index (κ2) is 8.33. The van der Waals surface area contributed by atoms with Crippen LogP contribution < -0.4 is 5.32 Å². The Morgan fingerprint density at radius 3 is 2.63 bits per heavy atom. The molecule has 0 saturated heterocycles. The number of furan rings is 1. The fourth-order valence-corrected chi connectivity index (χ4v) is 3.57. The summed E-state index contributed by atoms with van der Waals surface area (Å²) < 4.78 is 45.3. The predicted molar refractivity (Wildman–Crippen MR) is 105 cm³/mol. The third-order valence-corrected chi connectivity index (χ3v) is 5.13. The van der Waals surface area contributed by atoms with Crippen LogP contribution in [-0.4, -0.2) is 10.0 Å². The number of halogens is 4. The van der Waals surface area contributed by atoms with Gasteiger partial charge in [0, 0.05) is 9.90 Å². The van der Waals surface area contributed by atoms with Crippen LogP contribution in [-0.2, 0) is 19.3 Å². The smallest absolute Gasteiger partial charge is 0.418 e. The molecule has 0 unspecified atom stereocenters. The van der Waals surface area contributed by atoms with E-state index in [1.54, 1.807) is 17.0 Å². The molecule has 3 aromatic rings. The van der Waals surface area contributed by atoms with Crippen molar-refractivity contribution in [1.82, 2.24) is 4.90 Å². The molecule has 3 rings (SSSR count). The molecule has 142 valence electrons. The molecule has 0 aliphatic rings. The molecule has 1 aromatic carbocycles. The van der Waals surface area contributed by atoms with Gasteiger partial charge in [-0.2, -0.15) is 13.2 Å². The molecular weight excluding hydrogens is 417 g/mol. The van der Waals surface area contributed by atoms with E-state index >= 15 is 0 Å². The Morgan fingerprint density at radius 1 is 1.19 bits per heavy atom. The first-order valence-corrected chi connectivity index (χ1v) is 9.47. The molecule has 0 saturated carbocycles. The SMILES string of the molecule is FC(F)(F)c1cc(Cl)ccc1NC(=S)N(Cc1ccco1)Cc1cccs1. The zero-order valence-corrected chi connectivity index (χ0v) is 16.2. The molecule has 0 amide bonds. The van der Waals surface area contributed by atoms with Gasteiger partial charge in [0.1, 0.15) is 5.76 Å². The maximum Gasteiger partial charge on any atom is 0.418 e. The van der Waals surface area contributed by atoms with Crippen LogP contribution in [0.1, 0.15) is 16.2 Å². The van der Waals surface area contributed by atoms with Crippen molar-refractivity contribution >= 4 is 46.0 Å². The molecule has 0 fully saturated rings. The summed E-state index contributed by atoms with van der Waals surface area (Å²) >= 11 is 12.7. The zero-order valence-electron chi connectivity index (χ0n) is 13.8. The average molecular weight is 431 g/mol. The quantitative estimate of drug-likeness (QED) is 0.473. The Labute approximate surface area is 168 Å². The summed E-state index contributed by atoms with van der Waals surface area (Å²) in [6.07, 6.45) is -3.02. The maximum absolute atomic E-state index is 13.3. The van der Waals surface area contributed by atoms with Crippen LogP contribution in [0.4, 0.5) is 18.9 Å². The summed E-state index contributed by atoms with van der Waals surface area (Å²) in [6.45, 7) is 0.769. The lowest BCUT2D eigenvalue weighted by molar-refractivity contribution is -0.136. The molecule has 2 aromatic heterocycles. The van der Waals surface area contributed by atoms with Gasteiger partial charge in [0.25, 0.3) is 0 Å². The first-order valence-electron chi connectivity index (χ1n) is 7.80. The highest BCUT2D eigenvalue weighted by molar-refractivity contribution is 7.80. The third kappa shape index (κ3) is 5.24. The highest BCUT2D eigenvalue weighted by Gasteiger charge is 2.34. The molecule has 0 aliphatic heterocycles. The summed E-state index contributed by atoms with van der Waals surface area (Å²) in [5, 5.41) is 4.80. The molecule has 0 bridgehead atoms. The van der Waals surface area contributed by atoms with Crippen molar-refractivity contribution in [1.29, 1.82) is 0 Å². The van der Waals surface area contributed by atoms with Gasteiger partial charge in [-0.3, -0.25) is 0 Å². The minimum Gasteiger partial charge on any atom is -0.467 e. The third-order valence-electron chi connectivity index (χ3n) is 3.67. The van der Waals surface area contributed by atoms with Crippen molar-refractivity contribution in [2.75, 3.05) is 5.32 Å². The molecule has 2 heterocycles. The number of rotatable bonds is 5. The minimum absolute atomic E-state index is 0.00446. The number of benzene rings is 1. The number of anilines is 1. The number of alkyl halides is 3. The van der Waals surface area contributed by atoms with Gasteiger partial charge in [0.2, 0.25) is 0 Å². The Morgan fingerprint density at radius 2 is 2.00 bits per heavy atom. The molecule has 9 heteroatoms. The highest BCUT2D eigenvalue weighted by Crippen LogP contribution is 2.36. The molecule has 0 aliphatic carbocycles. The van der Waals surface area contributed by atoms with E-state index in [1.165, 1.54) is 29.7 Å². The van der Waals surface area contributed by atoms with Crippen LogP contribution >= 0.6 is 35.2 Å². The van der Waals surface area contributed by atoms with E-state index in [1.807, 2.05) is 17.5 Å². The molecule has 1 N–H and O–H groups in total. The maximum atomic E-state index is 13.3. The minimum atomic E-state index is -4.55. The first kappa shape index (κ1) is 19.7. The van der Waals surface area contributed by atoms with Crippen LogP contribution in [0.25, 0.3) is 0 Å². The van der Waals surface area contributed by atoms with Gasteiger partial charge < -0.3 is 14.6 Å². The van der Waals surface area contributed by atoms with Crippen molar-refractivity contribution in [3.8, 4) is 0 Å². The summed E-state index contributed by atoms with van der Waals surface area (Å²) in [6, 6.07) is 10.9. The highest BCUT2D eigenvalue weighted by atomic mass is 35.5. The molecule has 0 atom stereocenters. The lowest BCUT2D eigenvalue weighted by Gasteiger charge is -2.25. The van der Waals surface area contributed by atoms with E-state index in [0.717, 1.165) is 10.9 Å². The monoisotopic (exact) mass is 430 g/mol. The summed E-state index contributed by atoms with van der Waals surface area (Å²) in [5.74, 6) is 0.655. The molecule has 0 spiro atoms. The van der Waals surface area contributed by atoms with E-state index in [4.69, 9.17) is 28.2 Å². The average Bonchev–Trinajstić information content (AvgIpc) is 3.29. The Balaban J connectivity index is 1.84. The number of thiophene rings is 1. The van der Waals surface area contributed by atoms with Gasteiger partial charge in [-0.15, -0.1) is 11.3 Å². The zero-order chi connectivity index (χ0) is 19.4. The second-order valence-corrected chi connectivity index (χ2v) is 7.49. The van der Waals surface area contributed by atoms with Crippen LogP contribution in [0.3, 0.4) is 0 Å². The number of thiocarbonyl (C=S) groups is 1. The Kier molecular flexibility index (Phi) is 6.08. The van der Waals surface area contributed by atoms with Crippen molar-refractivity contribution < 1.29 is 17.6 Å². The van der Waals surface area contributed by atoms with Crippen LogP contribution in [0.2, 0.25) is 5.02 Å². The predicted octanol–water partition coefficient (Wildman–Crippen LogP) is 6.41. The number of nitrogens with one attached hydrogen (secondary N) is 1. The van der Waals surface area contributed by atoms with Gasteiger partial charge in [-0.05, 0) is 54.0 Å². The summed E-state index contributed by atoms with van der Waals surface area (Å²) in [5.41, 5.74) is -1.01. The molecule has 3 nitrogen and oxygen atoms in total. The second-order valence-electron chi connectivity index (χ2n) is 5.63. The van der Waals surface area contributed by atoms with Crippen LogP contribution in [0, 0.1) is 0 Å². The molecular formula is C18H14ClF3N2OS2. The fourth-order valence-electron chi connectivity index (χ4n) is 2.44. The van der Waals surface area contributed by atoms with Crippen LogP contribution in [0.5, 0.6) is 0 Å². The van der Waals surface area contributed by atoms with Crippen molar-refractivity contribution in [2.24, 2.45) is 0 Å². The van der Waals surface area contributed by atoms with Crippen molar-refractivity contribution in [3.63, 3.8) is 0 Å². The lowest BCUT2D eigenvalue weighted by Crippen LogP contribution is -2.34. The van der Waals surface area contributed by atoms with Crippen molar-refractivity contribution in [2.45, 2.75) is 19.3 Å². The van der Waals surface area contributed by atoms with E-state index in [2.05, 4.69) is 5.32 Å². The van der Waals surface area contributed by atoms with Gasteiger partial charge >= 0.3 is 6.18 Å². The Hall–Kier alpha value is -2.03. The van der Waals surface area contributed by atoms with E-state index in [-0.39, 0.29) is 15.8 Å².